The number of hydrogen-bond donors (Lipinski definition) is 1. The van der Waals surface area contributed by atoms with Gasteiger partial charge in [-0.2, -0.15) is 9.59 Å². The van der Waals surface area contributed by atoms with E-state index in [0.29, 0.717) is 0 Å². The van der Waals surface area contributed by atoms with Crippen molar-refractivity contribution >= 4 is 19.4 Å². The standard InChI is InChI=1S/C27H45BN2O4.CO2/c1-6-27(22-30-19-13-8-14-20-30,29-24(31)32-21-23-15-9-7-10-16-23)17-11-12-18-28-33-25(2,3)26(4,5)34-28;2-1-3/h7,9-10,15-16H,6,8,11-14,17-22H2,1-5H3,(H,29,31);. The van der Waals surface area contributed by atoms with Gasteiger partial charge in [0.05, 0.1) is 16.7 Å². The smallest absolute Gasteiger partial charge is 0.445 e. The maximum Gasteiger partial charge on any atom is 0.457 e. The van der Waals surface area contributed by atoms with Gasteiger partial charge >= 0.3 is 19.4 Å². The highest BCUT2D eigenvalue weighted by Crippen LogP contribution is 2.38. The first kappa shape index (κ1) is 31.0. The molecule has 2 fully saturated rings. The number of carbonyl (C=O) groups is 1. The molecule has 0 aromatic heterocycles. The first-order valence-corrected chi connectivity index (χ1v) is 13.6. The van der Waals surface area contributed by atoms with Crippen molar-refractivity contribution in [2.45, 2.75) is 109 Å². The molecule has 9 heteroatoms. The normalized spacial score (nSPS) is 20.2. The summed E-state index contributed by atoms with van der Waals surface area (Å²) < 4.78 is 17.9. The average molecular weight is 516 g/mol. The highest BCUT2D eigenvalue weighted by Gasteiger charge is 2.50. The van der Waals surface area contributed by atoms with Crippen molar-refractivity contribution in [2.24, 2.45) is 0 Å². The number of likely N-dealkylation sites (tertiary alicyclic amines) is 1. The molecular weight excluding hydrogens is 471 g/mol. The van der Waals surface area contributed by atoms with Crippen LogP contribution in [0, 0.1) is 0 Å². The van der Waals surface area contributed by atoms with Crippen LogP contribution >= 0.6 is 0 Å². The minimum atomic E-state index is -0.325. The molecule has 2 aliphatic heterocycles. The number of benzene rings is 1. The number of amides is 1. The van der Waals surface area contributed by atoms with Crippen LogP contribution in [0.15, 0.2) is 30.3 Å². The molecule has 1 N–H and O–H groups in total. The van der Waals surface area contributed by atoms with E-state index >= 15 is 0 Å². The third-order valence-electron chi connectivity index (χ3n) is 7.88. The Morgan fingerprint density at radius 3 is 2.22 bits per heavy atom. The molecule has 2 saturated heterocycles. The first-order chi connectivity index (χ1) is 17.6. The lowest BCUT2D eigenvalue weighted by molar-refractivity contribution is -0.191. The Kier molecular flexibility index (Phi) is 12.3. The molecule has 0 aliphatic carbocycles. The molecule has 1 atom stereocenters. The second-order valence-corrected chi connectivity index (χ2v) is 11.2. The number of carbonyl (C=O) groups excluding carboxylic acids is 3. The first-order valence-electron chi connectivity index (χ1n) is 13.6. The van der Waals surface area contributed by atoms with E-state index < -0.39 is 0 Å². The Hall–Kier alpha value is -2.19. The van der Waals surface area contributed by atoms with E-state index in [0.717, 1.165) is 57.2 Å². The van der Waals surface area contributed by atoms with E-state index in [1.807, 2.05) is 30.3 Å². The molecule has 1 unspecified atom stereocenters. The number of hydrogen-bond acceptors (Lipinski definition) is 7. The Morgan fingerprint density at radius 1 is 1.05 bits per heavy atom. The van der Waals surface area contributed by atoms with Crippen molar-refractivity contribution in [1.82, 2.24) is 10.2 Å². The molecule has 1 aromatic rings. The van der Waals surface area contributed by atoms with Gasteiger partial charge in [0.25, 0.3) is 0 Å². The zero-order chi connectivity index (χ0) is 27.4. The summed E-state index contributed by atoms with van der Waals surface area (Å²) in [5, 5.41) is 3.29. The molecule has 8 nitrogen and oxygen atoms in total. The fourth-order valence-electron chi connectivity index (χ4n) is 4.94. The summed E-state index contributed by atoms with van der Waals surface area (Å²) in [5.74, 6) is 0. The highest BCUT2D eigenvalue weighted by molar-refractivity contribution is 6.45. The van der Waals surface area contributed by atoms with Crippen molar-refractivity contribution in [1.29, 1.82) is 0 Å². The average Bonchev–Trinajstić information content (AvgIpc) is 3.08. The van der Waals surface area contributed by atoms with E-state index in [2.05, 4.69) is 44.8 Å². The number of nitrogens with one attached hydrogen (secondary N) is 1. The minimum absolute atomic E-state index is 0.160. The zero-order valence-electron chi connectivity index (χ0n) is 23.3. The number of ether oxygens (including phenoxy) is 1. The van der Waals surface area contributed by atoms with Crippen molar-refractivity contribution in [3.63, 3.8) is 0 Å². The van der Waals surface area contributed by atoms with Crippen molar-refractivity contribution in [3.05, 3.63) is 35.9 Å². The molecule has 0 radical (unpaired) electrons. The highest BCUT2D eigenvalue weighted by atomic mass is 16.7. The summed E-state index contributed by atoms with van der Waals surface area (Å²) in [6, 6.07) is 9.84. The number of alkyl carbamates (subject to hydrolysis) is 1. The maximum atomic E-state index is 12.8. The molecule has 0 bridgehead atoms. The second kappa shape index (κ2) is 14.7. The van der Waals surface area contributed by atoms with Gasteiger partial charge < -0.3 is 24.3 Å². The largest absolute Gasteiger partial charge is 0.457 e. The summed E-state index contributed by atoms with van der Waals surface area (Å²) in [5.41, 5.74) is 0.131. The Bertz CT molecular complexity index is 837. The zero-order valence-corrected chi connectivity index (χ0v) is 23.3. The number of unbranched alkanes of at least 4 members (excludes halogenated alkanes) is 1. The lowest BCUT2D eigenvalue weighted by Gasteiger charge is -2.40. The number of rotatable bonds is 11. The minimum Gasteiger partial charge on any atom is -0.445 e. The monoisotopic (exact) mass is 516 g/mol. The maximum absolute atomic E-state index is 12.8. The van der Waals surface area contributed by atoms with Gasteiger partial charge in [0.15, 0.2) is 0 Å². The van der Waals surface area contributed by atoms with E-state index in [9.17, 15) is 4.79 Å². The topological polar surface area (TPSA) is 94.2 Å². The van der Waals surface area contributed by atoms with Crippen LogP contribution in [-0.4, -0.2) is 60.6 Å². The van der Waals surface area contributed by atoms with E-state index in [-0.39, 0.29) is 42.7 Å². The molecule has 3 rings (SSSR count). The van der Waals surface area contributed by atoms with Gasteiger partial charge in [-0.25, -0.2) is 4.79 Å². The summed E-state index contributed by atoms with van der Waals surface area (Å²) in [6.45, 7) is 13.9. The van der Waals surface area contributed by atoms with Crippen LogP contribution in [0.3, 0.4) is 0 Å². The van der Waals surface area contributed by atoms with E-state index in [1.54, 1.807) is 0 Å². The summed E-state index contributed by atoms with van der Waals surface area (Å²) in [4.78, 5) is 31.6. The van der Waals surface area contributed by atoms with Gasteiger partial charge in [-0.05, 0) is 78.4 Å². The number of nitrogens with zero attached hydrogens (tertiary/aromatic N) is 1. The predicted octanol–water partition coefficient (Wildman–Crippen LogP) is 5.23. The molecule has 0 spiro atoms. The van der Waals surface area contributed by atoms with E-state index in [4.69, 9.17) is 23.6 Å². The van der Waals surface area contributed by atoms with Gasteiger partial charge in [-0.15, -0.1) is 0 Å². The van der Waals surface area contributed by atoms with Gasteiger partial charge in [-0.3, -0.25) is 0 Å². The second-order valence-electron chi connectivity index (χ2n) is 11.2. The SMILES string of the molecule is CCC(CCCCB1OC(C)(C)C(C)(C)O1)(CN1CCCCC1)NC(=O)OCc1ccccc1.O=C=O. The molecule has 2 aliphatic rings. The molecular formula is C28H45BN2O6. The van der Waals surface area contributed by atoms with Crippen molar-refractivity contribution in [2.75, 3.05) is 19.6 Å². The third-order valence-corrected chi connectivity index (χ3v) is 7.88. The predicted molar refractivity (Wildman–Crippen MR) is 143 cm³/mol. The molecule has 37 heavy (non-hydrogen) atoms. The Labute approximate surface area is 222 Å². The molecule has 2 heterocycles. The van der Waals surface area contributed by atoms with Crippen LogP contribution in [-0.2, 0) is 30.2 Å². The van der Waals surface area contributed by atoms with Gasteiger partial charge in [0, 0.05) is 6.54 Å². The summed E-state index contributed by atoms with van der Waals surface area (Å²) in [6.07, 6.45) is 8.37. The Morgan fingerprint density at radius 2 is 1.65 bits per heavy atom. The summed E-state index contributed by atoms with van der Waals surface area (Å²) in [7, 11) is -0.160. The van der Waals surface area contributed by atoms with Crippen molar-refractivity contribution in [3.8, 4) is 0 Å². The fraction of sp³-hybridized carbons (Fsp3) is 0.714. The molecule has 0 saturated carbocycles. The molecule has 1 aromatic carbocycles. The quantitative estimate of drug-likeness (QED) is 0.318. The molecule has 1 amide bonds. The number of piperidine rings is 1. The van der Waals surface area contributed by atoms with Crippen LogP contribution in [0.4, 0.5) is 4.79 Å². The summed E-state index contributed by atoms with van der Waals surface area (Å²) >= 11 is 0. The van der Waals surface area contributed by atoms with Gasteiger partial charge in [0.2, 0.25) is 0 Å². The van der Waals surface area contributed by atoms with Crippen LogP contribution in [0.2, 0.25) is 6.32 Å². The van der Waals surface area contributed by atoms with Crippen LogP contribution in [0.25, 0.3) is 0 Å². The van der Waals surface area contributed by atoms with Gasteiger partial charge in [0.1, 0.15) is 6.61 Å². The van der Waals surface area contributed by atoms with Crippen LogP contribution < -0.4 is 5.32 Å². The third kappa shape index (κ3) is 9.89. The Balaban J connectivity index is 0.00000153. The van der Waals surface area contributed by atoms with Gasteiger partial charge in [-0.1, -0.05) is 56.5 Å². The lowest BCUT2D eigenvalue weighted by Crippen LogP contribution is -2.56. The van der Waals surface area contributed by atoms with Crippen molar-refractivity contribution < 1.29 is 28.4 Å². The fourth-order valence-corrected chi connectivity index (χ4v) is 4.94. The molecule has 206 valence electrons. The van der Waals surface area contributed by atoms with E-state index in [1.165, 1.54) is 19.3 Å². The lowest BCUT2D eigenvalue weighted by atomic mass is 9.80. The van der Waals surface area contributed by atoms with Crippen LogP contribution in [0.5, 0.6) is 0 Å². The van der Waals surface area contributed by atoms with Crippen LogP contribution in [0.1, 0.15) is 85.1 Å².